The van der Waals surface area contributed by atoms with Crippen LogP contribution in [-0.2, 0) is 0 Å². The maximum Gasteiger partial charge on any atom is 0.106 e. The minimum Gasteiger partial charge on any atom is -0.466 e. The van der Waals surface area contributed by atoms with Gasteiger partial charge in [-0.15, -0.1) is 0 Å². The van der Waals surface area contributed by atoms with Crippen LogP contribution in [0.3, 0.4) is 0 Å². The summed E-state index contributed by atoms with van der Waals surface area (Å²) in [6.45, 7) is 11.8. The van der Waals surface area contributed by atoms with Gasteiger partial charge in [0.2, 0.25) is 0 Å². The Bertz CT molecular complexity index is 328. The second-order valence-corrected chi connectivity index (χ2v) is 4.55. The van der Waals surface area contributed by atoms with Crippen molar-refractivity contribution in [2.45, 2.75) is 59.9 Å². The van der Waals surface area contributed by atoms with Crippen LogP contribution in [0.4, 0.5) is 0 Å². The van der Waals surface area contributed by atoms with Gasteiger partial charge in [-0.3, -0.25) is 0 Å². The Kier molecular flexibility index (Phi) is 5.07. The Morgan fingerprint density at radius 3 is 2.19 bits per heavy atom. The molecule has 1 atom stereocenters. The van der Waals surface area contributed by atoms with E-state index in [4.69, 9.17) is 4.42 Å². The molecule has 0 saturated heterocycles. The van der Waals surface area contributed by atoms with Crippen LogP contribution in [0.25, 0.3) is 0 Å². The molecular formula is C14H25NO. The van der Waals surface area contributed by atoms with Gasteiger partial charge in [0.15, 0.2) is 0 Å². The van der Waals surface area contributed by atoms with Gasteiger partial charge in [0.05, 0.1) is 0 Å². The Hall–Kier alpha value is -0.760. The van der Waals surface area contributed by atoms with Gasteiger partial charge < -0.3 is 9.73 Å². The average Bonchev–Trinajstić information content (AvgIpc) is 2.49. The van der Waals surface area contributed by atoms with Crippen LogP contribution in [0.5, 0.6) is 0 Å². The molecule has 0 aliphatic heterocycles. The SMILES string of the molecule is CCCNC(CCC)c1c(C)oc(C)c1C. The van der Waals surface area contributed by atoms with Gasteiger partial charge in [0, 0.05) is 11.6 Å². The van der Waals surface area contributed by atoms with Crippen molar-refractivity contribution in [1.29, 1.82) is 0 Å². The summed E-state index contributed by atoms with van der Waals surface area (Å²) in [4.78, 5) is 0. The smallest absolute Gasteiger partial charge is 0.106 e. The van der Waals surface area contributed by atoms with Gasteiger partial charge in [0.25, 0.3) is 0 Å². The largest absolute Gasteiger partial charge is 0.466 e. The van der Waals surface area contributed by atoms with Crippen LogP contribution in [-0.4, -0.2) is 6.54 Å². The number of aryl methyl sites for hydroxylation is 2. The van der Waals surface area contributed by atoms with E-state index >= 15 is 0 Å². The number of furan rings is 1. The fraction of sp³-hybridized carbons (Fsp3) is 0.714. The zero-order valence-corrected chi connectivity index (χ0v) is 11.3. The van der Waals surface area contributed by atoms with Gasteiger partial charge >= 0.3 is 0 Å². The van der Waals surface area contributed by atoms with Crippen molar-refractivity contribution >= 4 is 0 Å². The summed E-state index contributed by atoms with van der Waals surface area (Å²) in [5.74, 6) is 2.14. The molecule has 1 aromatic rings. The van der Waals surface area contributed by atoms with Crippen LogP contribution in [0.1, 0.15) is 61.8 Å². The van der Waals surface area contributed by atoms with Crippen LogP contribution in [0, 0.1) is 20.8 Å². The van der Waals surface area contributed by atoms with Crippen molar-refractivity contribution in [1.82, 2.24) is 5.32 Å². The Morgan fingerprint density at radius 1 is 1.06 bits per heavy atom. The molecule has 1 heterocycles. The Balaban J connectivity index is 2.90. The zero-order valence-electron chi connectivity index (χ0n) is 11.3. The molecule has 0 bridgehead atoms. The van der Waals surface area contributed by atoms with E-state index in [1.165, 1.54) is 30.4 Å². The highest BCUT2D eigenvalue weighted by atomic mass is 16.3. The molecule has 0 radical (unpaired) electrons. The fourth-order valence-corrected chi connectivity index (χ4v) is 2.28. The first kappa shape index (κ1) is 13.3. The summed E-state index contributed by atoms with van der Waals surface area (Å²) < 4.78 is 5.71. The first-order valence-electron chi connectivity index (χ1n) is 6.41. The molecule has 0 amide bonds. The molecule has 92 valence electrons. The lowest BCUT2D eigenvalue weighted by atomic mass is 9.98. The van der Waals surface area contributed by atoms with Crippen molar-refractivity contribution in [3.8, 4) is 0 Å². The molecule has 0 aromatic carbocycles. The average molecular weight is 223 g/mol. The number of nitrogens with one attached hydrogen (secondary N) is 1. The summed E-state index contributed by atoms with van der Waals surface area (Å²) in [5.41, 5.74) is 2.70. The monoisotopic (exact) mass is 223 g/mol. The molecule has 2 heteroatoms. The normalized spacial score (nSPS) is 13.1. The third-order valence-corrected chi connectivity index (χ3v) is 3.18. The van der Waals surface area contributed by atoms with E-state index in [2.05, 4.69) is 39.9 Å². The van der Waals surface area contributed by atoms with Crippen molar-refractivity contribution < 1.29 is 4.42 Å². The van der Waals surface area contributed by atoms with Crippen LogP contribution < -0.4 is 5.32 Å². The second-order valence-electron chi connectivity index (χ2n) is 4.55. The Labute approximate surface area is 99.4 Å². The van der Waals surface area contributed by atoms with Crippen LogP contribution in [0.2, 0.25) is 0 Å². The van der Waals surface area contributed by atoms with Crippen molar-refractivity contribution in [3.63, 3.8) is 0 Å². The van der Waals surface area contributed by atoms with Crippen LogP contribution in [0.15, 0.2) is 4.42 Å². The third kappa shape index (κ3) is 2.88. The molecule has 0 aliphatic carbocycles. The van der Waals surface area contributed by atoms with Crippen LogP contribution >= 0.6 is 0 Å². The molecule has 1 rings (SSSR count). The van der Waals surface area contributed by atoms with E-state index in [0.717, 1.165) is 18.1 Å². The van der Waals surface area contributed by atoms with Gasteiger partial charge in [0.1, 0.15) is 11.5 Å². The molecule has 1 aromatic heterocycles. The lowest BCUT2D eigenvalue weighted by molar-refractivity contribution is 0.465. The fourth-order valence-electron chi connectivity index (χ4n) is 2.28. The molecule has 0 spiro atoms. The summed E-state index contributed by atoms with van der Waals surface area (Å²) in [6.07, 6.45) is 3.56. The molecule has 1 N–H and O–H groups in total. The lowest BCUT2D eigenvalue weighted by Gasteiger charge is -2.18. The van der Waals surface area contributed by atoms with E-state index in [1.807, 2.05) is 0 Å². The highest BCUT2D eigenvalue weighted by Gasteiger charge is 2.19. The summed E-state index contributed by atoms with van der Waals surface area (Å²) in [6, 6.07) is 0.461. The minimum absolute atomic E-state index is 0.461. The zero-order chi connectivity index (χ0) is 12.1. The van der Waals surface area contributed by atoms with Crippen molar-refractivity contribution in [2.24, 2.45) is 0 Å². The van der Waals surface area contributed by atoms with E-state index < -0.39 is 0 Å². The van der Waals surface area contributed by atoms with Gasteiger partial charge in [-0.1, -0.05) is 20.3 Å². The van der Waals surface area contributed by atoms with E-state index in [9.17, 15) is 0 Å². The molecular weight excluding hydrogens is 198 g/mol. The Morgan fingerprint density at radius 2 is 1.75 bits per heavy atom. The summed E-state index contributed by atoms with van der Waals surface area (Å²) in [7, 11) is 0. The standard InChI is InChI=1S/C14H25NO/c1-6-8-13(15-9-7-2)14-10(3)11(4)16-12(14)5/h13,15H,6-9H2,1-5H3. The molecule has 0 saturated carbocycles. The quantitative estimate of drug-likeness (QED) is 0.787. The highest BCUT2D eigenvalue weighted by molar-refractivity contribution is 5.34. The first-order valence-corrected chi connectivity index (χ1v) is 6.41. The predicted molar refractivity (Wildman–Crippen MR) is 68.9 cm³/mol. The molecule has 0 aliphatic rings. The topological polar surface area (TPSA) is 25.2 Å². The minimum atomic E-state index is 0.461. The molecule has 2 nitrogen and oxygen atoms in total. The third-order valence-electron chi connectivity index (χ3n) is 3.18. The van der Waals surface area contributed by atoms with Gasteiger partial charge in [-0.25, -0.2) is 0 Å². The predicted octanol–water partition coefficient (Wildman–Crippen LogP) is 4.05. The highest BCUT2D eigenvalue weighted by Crippen LogP contribution is 2.29. The number of hydrogen-bond acceptors (Lipinski definition) is 2. The van der Waals surface area contributed by atoms with E-state index in [-0.39, 0.29) is 0 Å². The number of rotatable bonds is 6. The molecule has 16 heavy (non-hydrogen) atoms. The van der Waals surface area contributed by atoms with Gasteiger partial charge in [-0.05, 0) is 45.7 Å². The van der Waals surface area contributed by atoms with E-state index in [1.54, 1.807) is 0 Å². The second kappa shape index (κ2) is 6.09. The molecule has 0 fully saturated rings. The maximum atomic E-state index is 5.71. The van der Waals surface area contributed by atoms with Crippen molar-refractivity contribution in [2.75, 3.05) is 6.54 Å². The maximum absolute atomic E-state index is 5.71. The van der Waals surface area contributed by atoms with Crippen molar-refractivity contribution in [3.05, 3.63) is 22.6 Å². The van der Waals surface area contributed by atoms with Gasteiger partial charge in [-0.2, -0.15) is 0 Å². The first-order chi connectivity index (χ1) is 7.61. The lowest BCUT2D eigenvalue weighted by Crippen LogP contribution is -2.22. The summed E-state index contributed by atoms with van der Waals surface area (Å²) >= 11 is 0. The van der Waals surface area contributed by atoms with E-state index in [0.29, 0.717) is 6.04 Å². The summed E-state index contributed by atoms with van der Waals surface area (Å²) in [5, 5.41) is 3.62. The number of hydrogen-bond donors (Lipinski definition) is 1. The molecule has 1 unspecified atom stereocenters.